The van der Waals surface area contributed by atoms with E-state index in [1.807, 2.05) is 25.1 Å². The Balaban J connectivity index is 2.16. The summed E-state index contributed by atoms with van der Waals surface area (Å²) in [4.78, 5) is 31.9. The van der Waals surface area contributed by atoms with Crippen LogP contribution in [0.4, 0.5) is 0 Å². The highest BCUT2D eigenvalue weighted by molar-refractivity contribution is 8.15. The van der Waals surface area contributed by atoms with Crippen molar-refractivity contribution in [1.29, 1.82) is 0 Å². The number of thioether (sulfide) groups is 1. The van der Waals surface area contributed by atoms with Crippen molar-refractivity contribution in [3.63, 3.8) is 0 Å². The number of rotatable bonds is 4. The second kappa shape index (κ2) is 7.45. The minimum absolute atomic E-state index is 0.0523. The predicted octanol–water partition coefficient (Wildman–Crippen LogP) is 4.33. The third kappa shape index (κ3) is 3.28. The SMILES string of the molecule is CCC1SC2=NC(C)=C(C(=O)OC(C)C)C(c3ccccc3Cl)N2C1=O. The first-order valence-electron chi connectivity index (χ1n) is 8.59. The van der Waals surface area contributed by atoms with E-state index in [0.29, 0.717) is 33.4 Å². The molecule has 0 saturated carbocycles. The topological polar surface area (TPSA) is 59.0 Å². The zero-order valence-corrected chi connectivity index (χ0v) is 16.7. The Kier molecular flexibility index (Phi) is 5.44. The van der Waals surface area contributed by atoms with Gasteiger partial charge >= 0.3 is 5.97 Å². The molecule has 5 nitrogen and oxygen atoms in total. The van der Waals surface area contributed by atoms with E-state index >= 15 is 0 Å². The van der Waals surface area contributed by atoms with Gasteiger partial charge in [0.15, 0.2) is 5.17 Å². The molecular weight excluding hydrogens is 372 g/mol. The van der Waals surface area contributed by atoms with E-state index in [4.69, 9.17) is 16.3 Å². The van der Waals surface area contributed by atoms with Crippen LogP contribution >= 0.6 is 23.4 Å². The number of fused-ring (bicyclic) bond motifs is 1. The van der Waals surface area contributed by atoms with Crippen LogP contribution in [0.2, 0.25) is 5.02 Å². The highest BCUT2D eigenvalue weighted by Gasteiger charge is 2.47. The summed E-state index contributed by atoms with van der Waals surface area (Å²) < 4.78 is 5.43. The zero-order valence-electron chi connectivity index (χ0n) is 15.2. The van der Waals surface area contributed by atoms with Gasteiger partial charge in [-0.1, -0.05) is 48.5 Å². The summed E-state index contributed by atoms with van der Waals surface area (Å²) in [6.07, 6.45) is 0.422. The summed E-state index contributed by atoms with van der Waals surface area (Å²) in [7, 11) is 0. The summed E-state index contributed by atoms with van der Waals surface area (Å²) in [6.45, 7) is 7.32. The molecule has 3 rings (SSSR count). The number of benzene rings is 1. The van der Waals surface area contributed by atoms with Crippen LogP contribution in [0.15, 0.2) is 40.5 Å². The maximum Gasteiger partial charge on any atom is 0.338 e. The Morgan fingerprint density at radius 3 is 2.69 bits per heavy atom. The number of allylic oxidation sites excluding steroid dienone is 1. The molecule has 138 valence electrons. The lowest BCUT2D eigenvalue weighted by molar-refractivity contribution is -0.143. The maximum absolute atomic E-state index is 13.0. The van der Waals surface area contributed by atoms with Gasteiger partial charge < -0.3 is 4.74 Å². The van der Waals surface area contributed by atoms with Gasteiger partial charge in [0.2, 0.25) is 5.91 Å². The van der Waals surface area contributed by atoms with Gasteiger partial charge in [-0.15, -0.1) is 0 Å². The van der Waals surface area contributed by atoms with Gasteiger partial charge in [0, 0.05) is 5.02 Å². The Morgan fingerprint density at radius 1 is 1.38 bits per heavy atom. The molecule has 1 saturated heterocycles. The minimum Gasteiger partial charge on any atom is -0.459 e. The van der Waals surface area contributed by atoms with Gasteiger partial charge in [-0.05, 0) is 38.8 Å². The van der Waals surface area contributed by atoms with Crippen LogP contribution < -0.4 is 0 Å². The molecule has 0 radical (unpaired) electrons. The third-order valence-corrected chi connectivity index (χ3v) is 5.95. The number of halogens is 1. The fraction of sp³-hybridized carbons (Fsp3) is 0.421. The number of hydrogen-bond acceptors (Lipinski definition) is 5. The molecule has 2 unspecified atom stereocenters. The van der Waals surface area contributed by atoms with Crippen LogP contribution in [-0.4, -0.2) is 33.3 Å². The van der Waals surface area contributed by atoms with Gasteiger partial charge in [0.25, 0.3) is 0 Å². The van der Waals surface area contributed by atoms with Gasteiger partial charge in [-0.2, -0.15) is 0 Å². The average molecular weight is 393 g/mol. The number of hydrogen-bond donors (Lipinski definition) is 0. The molecule has 0 aromatic heterocycles. The lowest BCUT2D eigenvalue weighted by Crippen LogP contribution is -2.41. The Labute approximate surface area is 162 Å². The monoisotopic (exact) mass is 392 g/mol. The van der Waals surface area contributed by atoms with Crippen molar-refractivity contribution in [3.8, 4) is 0 Å². The van der Waals surface area contributed by atoms with E-state index < -0.39 is 12.0 Å². The first-order chi connectivity index (χ1) is 12.3. The van der Waals surface area contributed by atoms with Crippen LogP contribution in [0.25, 0.3) is 0 Å². The number of nitrogens with zero attached hydrogens (tertiary/aromatic N) is 2. The summed E-state index contributed by atoms with van der Waals surface area (Å²) in [5.41, 5.74) is 1.62. The molecule has 1 aromatic carbocycles. The van der Waals surface area contributed by atoms with Gasteiger partial charge in [-0.25, -0.2) is 9.79 Å². The molecule has 1 fully saturated rings. The molecule has 0 N–H and O–H groups in total. The summed E-state index contributed by atoms with van der Waals surface area (Å²) in [5, 5.41) is 0.913. The summed E-state index contributed by atoms with van der Waals surface area (Å²) in [5.74, 6) is -0.522. The smallest absolute Gasteiger partial charge is 0.338 e. The van der Waals surface area contributed by atoms with Gasteiger partial charge in [0.1, 0.15) is 0 Å². The quantitative estimate of drug-likeness (QED) is 0.715. The van der Waals surface area contributed by atoms with E-state index in [1.165, 1.54) is 11.8 Å². The molecule has 1 amide bonds. The van der Waals surface area contributed by atoms with Crippen molar-refractivity contribution >= 4 is 40.4 Å². The second-order valence-electron chi connectivity index (χ2n) is 6.49. The number of aliphatic imine (C=N–C) groups is 1. The number of amidine groups is 1. The van der Waals surface area contributed by atoms with Crippen molar-refractivity contribution in [2.45, 2.75) is 51.5 Å². The molecule has 0 spiro atoms. The molecule has 0 bridgehead atoms. The number of carbonyl (C=O) groups is 2. The molecule has 2 aliphatic heterocycles. The van der Waals surface area contributed by atoms with Crippen molar-refractivity contribution in [2.24, 2.45) is 4.99 Å². The van der Waals surface area contributed by atoms with Crippen LogP contribution in [-0.2, 0) is 14.3 Å². The van der Waals surface area contributed by atoms with E-state index in [2.05, 4.69) is 4.99 Å². The fourth-order valence-corrected chi connectivity index (χ4v) is 4.49. The number of amides is 1. The standard InChI is InChI=1S/C19H21ClN2O3S/c1-5-14-17(23)22-16(12-8-6-7-9-13(12)20)15(18(24)25-10(2)3)11(4)21-19(22)26-14/h6-10,14,16H,5H2,1-4H3. The first-order valence-corrected chi connectivity index (χ1v) is 9.85. The van der Waals surface area contributed by atoms with Crippen molar-refractivity contribution in [2.75, 3.05) is 0 Å². The second-order valence-corrected chi connectivity index (χ2v) is 8.07. The van der Waals surface area contributed by atoms with Crippen molar-refractivity contribution < 1.29 is 14.3 Å². The number of ether oxygens (including phenoxy) is 1. The Hall–Kier alpha value is -1.79. The third-order valence-electron chi connectivity index (χ3n) is 4.28. The minimum atomic E-state index is -0.626. The zero-order chi connectivity index (χ0) is 19.0. The van der Waals surface area contributed by atoms with Gasteiger partial charge in [0.05, 0.1) is 28.7 Å². The predicted molar refractivity (Wildman–Crippen MR) is 104 cm³/mol. The fourth-order valence-electron chi connectivity index (χ4n) is 3.12. The van der Waals surface area contributed by atoms with Crippen LogP contribution in [0.1, 0.15) is 45.7 Å². The average Bonchev–Trinajstić information content (AvgIpc) is 2.89. The van der Waals surface area contributed by atoms with Crippen molar-refractivity contribution in [1.82, 2.24) is 4.90 Å². The largest absolute Gasteiger partial charge is 0.459 e. The molecule has 0 aliphatic carbocycles. The Bertz CT molecular complexity index is 819. The van der Waals surface area contributed by atoms with Crippen molar-refractivity contribution in [3.05, 3.63) is 46.1 Å². The van der Waals surface area contributed by atoms with E-state index in [1.54, 1.807) is 31.7 Å². The Morgan fingerprint density at radius 2 is 2.08 bits per heavy atom. The lowest BCUT2D eigenvalue weighted by Gasteiger charge is -2.33. The molecular formula is C19H21ClN2O3S. The molecule has 2 aliphatic rings. The highest BCUT2D eigenvalue weighted by atomic mass is 35.5. The highest BCUT2D eigenvalue weighted by Crippen LogP contribution is 2.45. The van der Waals surface area contributed by atoms with E-state index in [9.17, 15) is 9.59 Å². The van der Waals surface area contributed by atoms with Gasteiger partial charge in [-0.3, -0.25) is 9.69 Å². The van der Waals surface area contributed by atoms with Crippen LogP contribution in [0.3, 0.4) is 0 Å². The molecule has 2 heterocycles. The summed E-state index contributed by atoms with van der Waals surface area (Å²) >= 11 is 7.87. The lowest BCUT2D eigenvalue weighted by atomic mass is 9.94. The number of esters is 1. The molecule has 7 heteroatoms. The van der Waals surface area contributed by atoms with E-state index in [0.717, 1.165) is 0 Å². The number of carbonyl (C=O) groups excluding carboxylic acids is 2. The van der Waals surface area contributed by atoms with Crippen LogP contribution in [0.5, 0.6) is 0 Å². The molecule has 1 aromatic rings. The molecule has 2 atom stereocenters. The normalized spacial score (nSPS) is 22.6. The summed E-state index contributed by atoms with van der Waals surface area (Å²) in [6, 6.07) is 6.64. The van der Waals surface area contributed by atoms with E-state index in [-0.39, 0.29) is 17.3 Å². The maximum atomic E-state index is 13.0. The van der Waals surface area contributed by atoms with Crippen LogP contribution in [0, 0.1) is 0 Å². The first kappa shape index (κ1) is 19.0. The molecule has 26 heavy (non-hydrogen) atoms.